The number of hydrogen-bond donors (Lipinski definition) is 1. The molecule has 1 atom stereocenters. The molecule has 100 valence electrons. The molecular formula is C13H17F2NOS. The maximum absolute atomic E-state index is 12.5. The highest BCUT2D eigenvalue weighted by Crippen LogP contribution is 2.32. The minimum absolute atomic E-state index is 0.312. The molecule has 0 bridgehead atoms. The van der Waals surface area contributed by atoms with Gasteiger partial charge in [-0.3, -0.25) is 0 Å². The molecule has 1 aliphatic rings. The quantitative estimate of drug-likeness (QED) is 0.838. The van der Waals surface area contributed by atoms with Crippen LogP contribution in [0.1, 0.15) is 19.3 Å². The molecule has 1 saturated heterocycles. The van der Waals surface area contributed by atoms with Crippen molar-refractivity contribution in [3.63, 3.8) is 0 Å². The lowest BCUT2D eigenvalue weighted by molar-refractivity contribution is 0.144. The van der Waals surface area contributed by atoms with Crippen LogP contribution in [0.25, 0.3) is 0 Å². The van der Waals surface area contributed by atoms with Gasteiger partial charge in [0.25, 0.3) is 5.76 Å². The van der Waals surface area contributed by atoms with Crippen molar-refractivity contribution in [3.05, 3.63) is 24.3 Å². The van der Waals surface area contributed by atoms with E-state index < -0.39 is 5.76 Å². The van der Waals surface area contributed by atoms with E-state index in [2.05, 4.69) is 5.32 Å². The summed E-state index contributed by atoms with van der Waals surface area (Å²) in [4.78, 5) is 0.609. The van der Waals surface area contributed by atoms with E-state index in [-0.39, 0.29) is 0 Å². The van der Waals surface area contributed by atoms with Crippen LogP contribution in [-0.2, 0) is 4.74 Å². The molecular weight excluding hydrogens is 256 g/mol. The monoisotopic (exact) mass is 273 g/mol. The van der Waals surface area contributed by atoms with Crippen molar-refractivity contribution in [2.75, 3.05) is 18.5 Å². The highest BCUT2D eigenvalue weighted by molar-refractivity contribution is 7.99. The fourth-order valence-corrected chi connectivity index (χ4v) is 2.66. The average Bonchev–Trinajstić information content (AvgIpc) is 2.60. The summed E-state index contributed by atoms with van der Waals surface area (Å²) in [5, 5.41) is 3.36. The van der Waals surface area contributed by atoms with Gasteiger partial charge < -0.3 is 10.1 Å². The zero-order valence-corrected chi connectivity index (χ0v) is 10.9. The zero-order valence-electron chi connectivity index (χ0n) is 10.1. The Bertz CT molecular complexity index is 368. The Morgan fingerprint density at radius 1 is 1.22 bits per heavy atom. The second-order valence-electron chi connectivity index (χ2n) is 4.26. The lowest BCUT2D eigenvalue weighted by Crippen LogP contribution is -2.20. The van der Waals surface area contributed by atoms with Crippen molar-refractivity contribution in [3.8, 4) is 0 Å². The van der Waals surface area contributed by atoms with E-state index in [0.717, 1.165) is 38.2 Å². The van der Waals surface area contributed by atoms with E-state index in [9.17, 15) is 8.78 Å². The van der Waals surface area contributed by atoms with Crippen molar-refractivity contribution >= 4 is 17.4 Å². The summed E-state index contributed by atoms with van der Waals surface area (Å²) in [6.45, 7) is 1.54. The molecule has 0 aliphatic carbocycles. The molecule has 0 spiro atoms. The summed E-state index contributed by atoms with van der Waals surface area (Å²) in [7, 11) is 0. The molecule has 0 radical (unpaired) electrons. The predicted molar refractivity (Wildman–Crippen MR) is 70.4 cm³/mol. The molecule has 1 unspecified atom stereocenters. The first-order chi connectivity index (χ1) is 8.75. The van der Waals surface area contributed by atoms with E-state index in [4.69, 9.17) is 4.74 Å². The Morgan fingerprint density at radius 3 is 2.89 bits per heavy atom. The summed E-state index contributed by atoms with van der Waals surface area (Å²) in [5.41, 5.74) is 0.801. The first kappa shape index (κ1) is 13.6. The van der Waals surface area contributed by atoms with Gasteiger partial charge >= 0.3 is 0 Å². The van der Waals surface area contributed by atoms with Gasteiger partial charge in [0.1, 0.15) is 0 Å². The third-order valence-electron chi connectivity index (χ3n) is 2.91. The number of benzene rings is 1. The van der Waals surface area contributed by atoms with Gasteiger partial charge in [0.2, 0.25) is 0 Å². The molecule has 1 N–H and O–H groups in total. The molecule has 1 aliphatic heterocycles. The second kappa shape index (κ2) is 6.95. The number of halogens is 2. The van der Waals surface area contributed by atoms with Crippen molar-refractivity contribution in [1.82, 2.24) is 0 Å². The normalized spacial score (nSPS) is 20.7. The van der Waals surface area contributed by atoms with E-state index in [0.29, 0.717) is 22.7 Å². The van der Waals surface area contributed by atoms with E-state index in [1.807, 2.05) is 12.1 Å². The Kier molecular flexibility index (Phi) is 5.26. The van der Waals surface area contributed by atoms with Crippen molar-refractivity contribution in [1.29, 1.82) is 0 Å². The van der Waals surface area contributed by atoms with Crippen LogP contribution in [-0.4, -0.2) is 25.0 Å². The predicted octanol–water partition coefficient (Wildman–Crippen LogP) is 3.98. The van der Waals surface area contributed by atoms with E-state index >= 15 is 0 Å². The van der Waals surface area contributed by atoms with Crippen LogP contribution in [0.2, 0.25) is 0 Å². The molecule has 2 rings (SSSR count). The van der Waals surface area contributed by atoms with Crippen LogP contribution in [0.5, 0.6) is 0 Å². The Labute approximate surface area is 110 Å². The molecule has 5 heteroatoms. The van der Waals surface area contributed by atoms with Gasteiger partial charge in [-0.2, -0.15) is 8.78 Å². The maximum Gasteiger partial charge on any atom is 0.288 e. The molecule has 1 heterocycles. The molecule has 2 nitrogen and oxygen atoms in total. The van der Waals surface area contributed by atoms with Gasteiger partial charge in [-0.05, 0) is 31.4 Å². The highest BCUT2D eigenvalue weighted by atomic mass is 32.2. The largest absolute Gasteiger partial charge is 0.381 e. The number of hydrogen-bond acceptors (Lipinski definition) is 3. The fourth-order valence-electron chi connectivity index (χ4n) is 2.05. The number of thioether (sulfide) groups is 1. The van der Waals surface area contributed by atoms with Gasteiger partial charge in [0.15, 0.2) is 0 Å². The Morgan fingerprint density at radius 2 is 2.06 bits per heavy atom. The third kappa shape index (κ3) is 4.14. The van der Waals surface area contributed by atoms with Crippen LogP contribution < -0.4 is 5.32 Å². The standard InChI is InChI=1S/C13H17F2NOS/c14-13(15)18-12-6-2-1-5-11(12)16-10-4-3-8-17-9-7-10/h1-2,5-6,10,13,16H,3-4,7-9H2. The number of ether oxygens (including phenoxy) is 1. The van der Waals surface area contributed by atoms with E-state index in [1.54, 1.807) is 12.1 Å². The average molecular weight is 273 g/mol. The first-order valence-corrected chi connectivity index (χ1v) is 7.02. The minimum atomic E-state index is -2.38. The van der Waals surface area contributed by atoms with Crippen molar-refractivity contribution < 1.29 is 13.5 Å². The fraction of sp³-hybridized carbons (Fsp3) is 0.538. The van der Waals surface area contributed by atoms with Crippen LogP contribution >= 0.6 is 11.8 Å². The SMILES string of the molecule is FC(F)Sc1ccccc1NC1CCCOCC1. The number of anilines is 1. The summed E-state index contributed by atoms with van der Waals surface area (Å²) >= 11 is 0.592. The topological polar surface area (TPSA) is 21.3 Å². The molecule has 0 amide bonds. The van der Waals surface area contributed by atoms with Crippen LogP contribution in [0.4, 0.5) is 14.5 Å². The first-order valence-electron chi connectivity index (χ1n) is 6.14. The third-order valence-corrected chi connectivity index (χ3v) is 3.70. The lowest BCUT2D eigenvalue weighted by atomic mass is 10.1. The van der Waals surface area contributed by atoms with Crippen molar-refractivity contribution in [2.24, 2.45) is 0 Å². The Hall–Kier alpha value is -0.810. The number of para-hydroxylation sites is 1. The van der Waals surface area contributed by atoms with Gasteiger partial charge in [-0.1, -0.05) is 23.9 Å². The van der Waals surface area contributed by atoms with E-state index in [1.165, 1.54) is 0 Å². The lowest BCUT2D eigenvalue weighted by Gasteiger charge is -2.19. The van der Waals surface area contributed by atoms with Gasteiger partial charge in [0, 0.05) is 29.8 Å². The molecule has 1 fully saturated rings. The molecule has 1 aromatic carbocycles. The minimum Gasteiger partial charge on any atom is -0.381 e. The smallest absolute Gasteiger partial charge is 0.288 e. The molecule has 0 aromatic heterocycles. The molecule has 18 heavy (non-hydrogen) atoms. The van der Waals surface area contributed by atoms with Gasteiger partial charge in [0.05, 0.1) is 0 Å². The van der Waals surface area contributed by atoms with Gasteiger partial charge in [-0.15, -0.1) is 0 Å². The summed E-state index contributed by atoms with van der Waals surface area (Å²) in [6, 6.07) is 7.55. The zero-order chi connectivity index (χ0) is 12.8. The number of rotatable bonds is 4. The molecule has 0 saturated carbocycles. The summed E-state index contributed by atoms with van der Waals surface area (Å²) < 4.78 is 30.3. The van der Waals surface area contributed by atoms with Gasteiger partial charge in [-0.25, -0.2) is 0 Å². The summed E-state index contributed by atoms with van der Waals surface area (Å²) in [6.07, 6.45) is 2.96. The molecule has 1 aromatic rings. The maximum atomic E-state index is 12.5. The second-order valence-corrected chi connectivity index (χ2v) is 5.29. The number of nitrogens with one attached hydrogen (secondary N) is 1. The number of alkyl halides is 2. The van der Waals surface area contributed by atoms with Crippen LogP contribution in [0.3, 0.4) is 0 Å². The van der Waals surface area contributed by atoms with Crippen LogP contribution in [0, 0.1) is 0 Å². The summed E-state index contributed by atoms with van der Waals surface area (Å²) in [5.74, 6) is -2.38. The highest BCUT2D eigenvalue weighted by Gasteiger charge is 2.15. The van der Waals surface area contributed by atoms with Crippen LogP contribution in [0.15, 0.2) is 29.2 Å². The Balaban J connectivity index is 2.02. The van der Waals surface area contributed by atoms with Crippen molar-refractivity contribution in [2.45, 2.75) is 36.0 Å².